The van der Waals surface area contributed by atoms with Gasteiger partial charge in [0.25, 0.3) is 0 Å². The quantitative estimate of drug-likeness (QED) is 0.0607. The van der Waals surface area contributed by atoms with Crippen LogP contribution in [0.4, 0.5) is 0 Å². The Balaban J connectivity index is 1.45. The smallest absolute Gasteiger partial charge is 0.323 e. The summed E-state index contributed by atoms with van der Waals surface area (Å²) in [5.41, 5.74) is 3.71. The van der Waals surface area contributed by atoms with Gasteiger partial charge in [-0.05, 0) is 125 Å². The highest BCUT2D eigenvalue weighted by atomic mass is 16.5. The third kappa shape index (κ3) is 9.50. The van der Waals surface area contributed by atoms with Crippen molar-refractivity contribution in [3.8, 4) is 23.0 Å². The second kappa shape index (κ2) is 18.6. The Bertz CT molecular complexity index is 1810. The van der Waals surface area contributed by atoms with E-state index in [2.05, 4.69) is 9.80 Å². The molecule has 1 aromatic heterocycles. The lowest BCUT2D eigenvalue weighted by Crippen LogP contribution is -2.37. The number of phenols is 1. The zero-order chi connectivity index (χ0) is 37.2. The second-order valence-corrected chi connectivity index (χ2v) is 14.6. The molecular weight excluding hydrogens is 660 g/mol. The molecule has 2 aliphatic heterocycles. The van der Waals surface area contributed by atoms with Gasteiger partial charge in [-0.1, -0.05) is 23.3 Å². The van der Waals surface area contributed by atoms with Crippen LogP contribution in [-0.4, -0.2) is 87.1 Å². The maximum absolute atomic E-state index is 14.5. The molecular formula is C42H58N2O8. The van der Waals surface area contributed by atoms with Crippen LogP contribution in [0.25, 0.3) is 21.9 Å². The van der Waals surface area contributed by atoms with Gasteiger partial charge in [0.05, 0.1) is 32.8 Å². The number of phenolic OH excluding ortho intramolecular Hbond substituents is 1. The Morgan fingerprint density at radius 2 is 1.44 bits per heavy atom. The summed E-state index contributed by atoms with van der Waals surface area (Å²) in [5, 5.41) is 12.2. The first-order valence-electron chi connectivity index (χ1n) is 19.0. The number of carbonyl (C=O) groups excluding carboxylic acids is 1. The molecule has 5 rings (SSSR count). The van der Waals surface area contributed by atoms with E-state index in [1.807, 2.05) is 39.8 Å². The van der Waals surface area contributed by atoms with E-state index in [4.69, 9.17) is 23.4 Å². The summed E-state index contributed by atoms with van der Waals surface area (Å²) < 4.78 is 30.0. The predicted molar refractivity (Wildman–Crippen MR) is 206 cm³/mol. The Morgan fingerprint density at radius 1 is 0.827 bits per heavy atom. The molecule has 1 N–H and O–H groups in total. The van der Waals surface area contributed by atoms with Crippen molar-refractivity contribution in [3.05, 3.63) is 56.8 Å². The molecule has 0 spiro atoms. The summed E-state index contributed by atoms with van der Waals surface area (Å²) in [6.07, 6.45) is 12.8. The highest BCUT2D eigenvalue weighted by Crippen LogP contribution is 2.42. The van der Waals surface area contributed by atoms with E-state index in [0.29, 0.717) is 65.4 Å². The van der Waals surface area contributed by atoms with Gasteiger partial charge >= 0.3 is 5.97 Å². The van der Waals surface area contributed by atoms with Gasteiger partial charge in [-0.15, -0.1) is 0 Å². The minimum absolute atomic E-state index is 0.113. The Kier molecular flexibility index (Phi) is 14.1. The van der Waals surface area contributed by atoms with E-state index < -0.39 is 0 Å². The summed E-state index contributed by atoms with van der Waals surface area (Å²) in [4.78, 5) is 31.3. The molecule has 2 aliphatic rings. The number of esters is 1. The first-order chi connectivity index (χ1) is 25.1. The SMILES string of the molecule is COC(=O)C1CCCN1CCCCOc1cc2oc3cc(OCCCCN4CCCC4)c(CC=C(C)C)c(O)c3c(=O)c2c(CC=C(C)C)c1OC. The number of ether oxygens (including phenoxy) is 4. The fourth-order valence-corrected chi connectivity index (χ4v) is 7.39. The number of benzene rings is 2. The van der Waals surface area contributed by atoms with E-state index in [1.165, 1.54) is 33.0 Å². The minimum atomic E-state index is -0.322. The van der Waals surface area contributed by atoms with Crippen molar-refractivity contribution in [2.75, 3.05) is 60.2 Å². The molecule has 0 saturated carbocycles. The summed E-state index contributed by atoms with van der Waals surface area (Å²) >= 11 is 0. The van der Waals surface area contributed by atoms with E-state index in [0.717, 1.165) is 69.3 Å². The van der Waals surface area contributed by atoms with Crippen LogP contribution in [0.3, 0.4) is 0 Å². The van der Waals surface area contributed by atoms with E-state index in [-0.39, 0.29) is 34.2 Å². The number of hydrogen-bond donors (Lipinski definition) is 1. The van der Waals surface area contributed by atoms with E-state index in [1.54, 1.807) is 19.2 Å². The molecule has 1 atom stereocenters. The summed E-state index contributed by atoms with van der Waals surface area (Å²) in [5.74, 6) is 1.20. The van der Waals surface area contributed by atoms with Crippen LogP contribution < -0.4 is 19.6 Å². The van der Waals surface area contributed by atoms with Crippen LogP contribution in [0.5, 0.6) is 23.0 Å². The average Bonchev–Trinajstić information content (AvgIpc) is 3.82. The molecule has 2 saturated heterocycles. The number of hydrogen-bond acceptors (Lipinski definition) is 10. The highest BCUT2D eigenvalue weighted by molar-refractivity contribution is 5.98. The number of carbonyl (C=O) groups is 1. The van der Waals surface area contributed by atoms with Crippen LogP contribution >= 0.6 is 0 Å². The van der Waals surface area contributed by atoms with Crippen LogP contribution in [0, 0.1) is 0 Å². The number of unbranched alkanes of at least 4 members (excludes halogenated alkanes) is 2. The number of rotatable bonds is 18. The lowest BCUT2D eigenvalue weighted by atomic mass is 9.98. The number of likely N-dealkylation sites (tertiary alicyclic amines) is 2. The molecule has 10 heteroatoms. The van der Waals surface area contributed by atoms with Crippen molar-refractivity contribution in [3.63, 3.8) is 0 Å². The fraction of sp³-hybridized carbons (Fsp3) is 0.571. The van der Waals surface area contributed by atoms with Gasteiger partial charge in [0.1, 0.15) is 34.1 Å². The minimum Gasteiger partial charge on any atom is -0.507 e. The Hall–Kier alpha value is -4.02. The standard InChI is InChI=1S/C42H58N2O8/c1-28(2)15-17-30-33(50-24-11-9-21-43-19-7-8-20-43)26-35-38(39(30)45)40(46)37-31(18-16-29(3)4)41(48-5)36(27-34(37)52-35)51-25-12-10-22-44-23-13-14-32(44)42(47)49-6/h15-16,26-27,32,45H,7-14,17-25H2,1-6H3. The molecule has 0 amide bonds. The maximum Gasteiger partial charge on any atom is 0.323 e. The molecule has 0 aliphatic carbocycles. The van der Waals surface area contributed by atoms with Crippen molar-refractivity contribution >= 4 is 27.9 Å². The zero-order valence-corrected chi connectivity index (χ0v) is 32.1. The lowest BCUT2D eigenvalue weighted by molar-refractivity contribution is -0.145. The topological polar surface area (TPSA) is 111 Å². The number of methoxy groups -OCH3 is 2. The van der Waals surface area contributed by atoms with E-state index >= 15 is 0 Å². The van der Waals surface area contributed by atoms with Crippen LogP contribution in [0.15, 0.2) is 44.6 Å². The summed E-state index contributed by atoms with van der Waals surface area (Å²) in [6, 6.07) is 3.31. The summed E-state index contributed by atoms with van der Waals surface area (Å²) in [6.45, 7) is 14.0. The molecule has 52 heavy (non-hydrogen) atoms. The molecule has 2 aromatic carbocycles. The van der Waals surface area contributed by atoms with Crippen LogP contribution in [-0.2, 0) is 22.4 Å². The van der Waals surface area contributed by atoms with Gasteiger partial charge < -0.3 is 33.4 Å². The Morgan fingerprint density at radius 3 is 2.10 bits per heavy atom. The normalized spacial score (nSPS) is 16.4. The van der Waals surface area contributed by atoms with Crippen molar-refractivity contribution in [1.82, 2.24) is 9.80 Å². The average molecular weight is 719 g/mol. The number of nitrogens with zero attached hydrogens (tertiary/aromatic N) is 2. The Labute approximate surface area is 308 Å². The molecule has 3 aromatic rings. The third-order valence-electron chi connectivity index (χ3n) is 10.2. The molecule has 3 heterocycles. The largest absolute Gasteiger partial charge is 0.507 e. The number of allylic oxidation sites excluding steroid dienone is 4. The van der Waals surface area contributed by atoms with Gasteiger partial charge in [-0.2, -0.15) is 0 Å². The van der Waals surface area contributed by atoms with Crippen molar-refractivity contribution < 1.29 is 33.3 Å². The lowest BCUT2D eigenvalue weighted by Gasteiger charge is -2.22. The van der Waals surface area contributed by atoms with Gasteiger partial charge in [-0.3, -0.25) is 14.5 Å². The predicted octanol–water partition coefficient (Wildman–Crippen LogP) is 7.73. The van der Waals surface area contributed by atoms with Gasteiger partial charge in [0, 0.05) is 23.3 Å². The van der Waals surface area contributed by atoms with Crippen molar-refractivity contribution in [2.24, 2.45) is 0 Å². The van der Waals surface area contributed by atoms with Gasteiger partial charge in [0.15, 0.2) is 11.5 Å². The van der Waals surface area contributed by atoms with Crippen LogP contribution in [0.1, 0.15) is 90.2 Å². The highest BCUT2D eigenvalue weighted by Gasteiger charge is 2.31. The zero-order valence-electron chi connectivity index (χ0n) is 32.1. The van der Waals surface area contributed by atoms with Gasteiger partial charge in [0.2, 0.25) is 5.43 Å². The molecule has 0 radical (unpaired) electrons. The third-order valence-corrected chi connectivity index (χ3v) is 10.2. The van der Waals surface area contributed by atoms with Crippen LogP contribution in [0.2, 0.25) is 0 Å². The number of aromatic hydroxyl groups is 1. The first-order valence-corrected chi connectivity index (χ1v) is 19.0. The molecule has 0 bridgehead atoms. The van der Waals surface area contributed by atoms with Gasteiger partial charge in [-0.25, -0.2) is 0 Å². The van der Waals surface area contributed by atoms with E-state index in [9.17, 15) is 14.7 Å². The van der Waals surface area contributed by atoms with Crippen molar-refractivity contribution in [2.45, 2.75) is 97.9 Å². The summed E-state index contributed by atoms with van der Waals surface area (Å²) in [7, 11) is 3.02. The monoisotopic (exact) mass is 718 g/mol. The second-order valence-electron chi connectivity index (χ2n) is 14.6. The number of fused-ring (bicyclic) bond motifs is 2. The first kappa shape index (κ1) is 39.2. The fourth-order valence-electron chi connectivity index (χ4n) is 7.39. The molecule has 10 nitrogen and oxygen atoms in total. The molecule has 284 valence electrons. The maximum atomic E-state index is 14.5. The van der Waals surface area contributed by atoms with Crippen molar-refractivity contribution in [1.29, 1.82) is 0 Å². The molecule has 2 fully saturated rings. The molecule has 1 unspecified atom stereocenters.